The fourth-order valence-electron chi connectivity index (χ4n) is 3.32. The number of aromatic nitrogens is 5. The van der Waals surface area contributed by atoms with E-state index in [1.54, 1.807) is 53.4 Å². The molecular weight excluding hydrogens is 460 g/mol. The minimum atomic E-state index is -3.89. The third kappa shape index (κ3) is 4.01. The molecule has 0 spiro atoms. The molecule has 11 nitrogen and oxygen atoms in total. The van der Waals surface area contributed by atoms with Crippen LogP contribution in [0.15, 0.2) is 81.1 Å². The lowest BCUT2D eigenvalue weighted by atomic mass is 10.3. The van der Waals surface area contributed by atoms with Gasteiger partial charge in [0.2, 0.25) is 5.88 Å². The van der Waals surface area contributed by atoms with Crippen LogP contribution in [0.4, 0.5) is 5.69 Å². The van der Waals surface area contributed by atoms with Gasteiger partial charge in [0.1, 0.15) is 11.6 Å². The highest BCUT2D eigenvalue weighted by Crippen LogP contribution is 2.24. The molecule has 0 aliphatic rings. The van der Waals surface area contributed by atoms with Crippen molar-refractivity contribution in [3.63, 3.8) is 0 Å². The quantitative estimate of drug-likeness (QED) is 0.394. The van der Waals surface area contributed by atoms with E-state index in [1.807, 2.05) is 6.92 Å². The van der Waals surface area contributed by atoms with E-state index in [0.717, 1.165) is 5.82 Å². The van der Waals surface area contributed by atoms with Gasteiger partial charge >= 0.3 is 5.76 Å². The van der Waals surface area contributed by atoms with Gasteiger partial charge in [-0.1, -0.05) is 0 Å². The molecule has 0 radical (unpaired) electrons. The molecule has 172 valence electrons. The van der Waals surface area contributed by atoms with Gasteiger partial charge in [-0.25, -0.2) is 18.2 Å². The van der Waals surface area contributed by atoms with Gasteiger partial charge < -0.3 is 9.15 Å². The summed E-state index contributed by atoms with van der Waals surface area (Å²) in [6, 6.07) is 14.0. The first-order chi connectivity index (χ1) is 16.3. The van der Waals surface area contributed by atoms with E-state index < -0.39 is 15.8 Å². The maximum Gasteiger partial charge on any atom is 0.419 e. The number of fused-ring (bicyclic) bond motifs is 1. The highest BCUT2D eigenvalue weighted by Gasteiger charge is 2.17. The van der Waals surface area contributed by atoms with Crippen LogP contribution in [0.3, 0.4) is 0 Å². The minimum Gasteiger partial charge on any atom is -0.438 e. The number of rotatable bonds is 6. The van der Waals surface area contributed by atoms with E-state index in [0.29, 0.717) is 28.4 Å². The van der Waals surface area contributed by atoms with Crippen molar-refractivity contribution in [2.24, 2.45) is 7.05 Å². The largest absolute Gasteiger partial charge is 0.438 e. The Morgan fingerprint density at radius 1 is 1.03 bits per heavy atom. The maximum atomic E-state index is 12.8. The summed E-state index contributed by atoms with van der Waals surface area (Å²) in [4.78, 5) is 15.8. The molecule has 0 unspecified atom stereocenters. The van der Waals surface area contributed by atoms with Gasteiger partial charge in [0.15, 0.2) is 11.4 Å². The molecular formula is C22H18N6O5S. The fraction of sp³-hybridized carbons (Fsp3) is 0.0909. The van der Waals surface area contributed by atoms with Crippen LogP contribution in [-0.2, 0) is 17.1 Å². The molecule has 0 saturated carbocycles. The number of benzene rings is 2. The highest BCUT2D eigenvalue weighted by atomic mass is 32.2. The molecule has 0 saturated heterocycles. The van der Waals surface area contributed by atoms with Crippen molar-refractivity contribution in [2.75, 3.05) is 4.72 Å². The summed E-state index contributed by atoms with van der Waals surface area (Å²) in [6.45, 7) is 1.86. The Kier molecular flexibility index (Phi) is 5.13. The Morgan fingerprint density at radius 2 is 1.82 bits per heavy atom. The lowest BCUT2D eigenvalue weighted by Gasteiger charge is -2.10. The summed E-state index contributed by atoms with van der Waals surface area (Å²) in [6.07, 6.45) is 3.46. The SMILES string of the molecule is Cc1nccn1-c1ccc(Oc2ccc(NS(=O)(=O)c3ccc4oc(=O)n(C)c4c3)cc2)nn1. The lowest BCUT2D eigenvalue weighted by Crippen LogP contribution is -2.13. The van der Waals surface area contributed by atoms with Crippen molar-refractivity contribution in [1.29, 1.82) is 0 Å². The Balaban J connectivity index is 1.30. The first-order valence-electron chi connectivity index (χ1n) is 10.0. The van der Waals surface area contributed by atoms with Gasteiger partial charge in [-0.2, -0.15) is 0 Å². The average molecular weight is 478 g/mol. The molecule has 5 rings (SSSR count). The third-order valence-electron chi connectivity index (χ3n) is 5.10. The predicted molar refractivity (Wildman–Crippen MR) is 123 cm³/mol. The number of hydrogen-bond acceptors (Lipinski definition) is 8. The van der Waals surface area contributed by atoms with Crippen molar-refractivity contribution in [3.8, 4) is 17.4 Å². The highest BCUT2D eigenvalue weighted by molar-refractivity contribution is 7.92. The van der Waals surface area contributed by atoms with Gasteiger partial charge in [-0.3, -0.25) is 13.9 Å². The molecule has 3 aromatic heterocycles. The molecule has 0 fully saturated rings. The van der Waals surface area contributed by atoms with Gasteiger partial charge in [0.05, 0.1) is 10.4 Å². The minimum absolute atomic E-state index is 0.000203. The van der Waals surface area contributed by atoms with E-state index >= 15 is 0 Å². The number of imidazole rings is 1. The van der Waals surface area contributed by atoms with E-state index in [2.05, 4.69) is 19.9 Å². The van der Waals surface area contributed by atoms with Crippen LogP contribution >= 0.6 is 0 Å². The fourth-order valence-corrected chi connectivity index (χ4v) is 4.39. The van der Waals surface area contributed by atoms with Crippen LogP contribution in [0.1, 0.15) is 5.82 Å². The molecule has 34 heavy (non-hydrogen) atoms. The number of aryl methyl sites for hydroxylation is 2. The number of nitrogens with one attached hydrogen (secondary N) is 1. The van der Waals surface area contributed by atoms with Crippen molar-refractivity contribution < 1.29 is 17.6 Å². The molecule has 0 aliphatic carbocycles. The average Bonchev–Trinajstić information content (AvgIpc) is 3.37. The Hall–Kier alpha value is -4.45. The topological polar surface area (TPSA) is 134 Å². The summed E-state index contributed by atoms with van der Waals surface area (Å²) in [5.74, 6) is 1.58. The van der Waals surface area contributed by atoms with Crippen LogP contribution in [-0.4, -0.2) is 32.7 Å². The second-order valence-corrected chi connectivity index (χ2v) is 9.05. The van der Waals surface area contributed by atoms with E-state index in [-0.39, 0.29) is 10.8 Å². The number of sulfonamides is 1. The number of anilines is 1. The smallest absolute Gasteiger partial charge is 0.419 e. The monoisotopic (exact) mass is 478 g/mol. The number of oxazole rings is 1. The van der Waals surface area contributed by atoms with E-state index in [1.165, 1.54) is 29.8 Å². The zero-order chi connectivity index (χ0) is 23.9. The molecule has 0 bridgehead atoms. The maximum absolute atomic E-state index is 12.8. The van der Waals surface area contributed by atoms with Gasteiger partial charge in [0.25, 0.3) is 10.0 Å². The Bertz CT molecular complexity index is 1650. The second-order valence-electron chi connectivity index (χ2n) is 7.36. The molecule has 3 heterocycles. The number of nitrogens with zero attached hydrogens (tertiary/aromatic N) is 5. The van der Waals surface area contributed by atoms with Crippen molar-refractivity contribution in [1.82, 2.24) is 24.3 Å². The molecule has 5 aromatic rings. The molecule has 12 heteroatoms. The van der Waals surface area contributed by atoms with Crippen LogP contribution in [0.2, 0.25) is 0 Å². The predicted octanol–water partition coefficient (Wildman–Crippen LogP) is 3.01. The summed E-state index contributed by atoms with van der Waals surface area (Å²) in [7, 11) is -2.38. The normalized spacial score (nSPS) is 11.6. The second kappa shape index (κ2) is 8.15. The molecule has 1 N–H and O–H groups in total. The van der Waals surface area contributed by atoms with Gasteiger partial charge in [-0.15, -0.1) is 10.2 Å². The third-order valence-corrected chi connectivity index (χ3v) is 6.48. The lowest BCUT2D eigenvalue weighted by molar-refractivity contribution is 0.454. The number of hydrogen-bond donors (Lipinski definition) is 1. The number of ether oxygens (including phenoxy) is 1. The van der Waals surface area contributed by atoms with Gasteiger partial charge in [0, 0.05) is 31.2 Å². The van der Waals surface area contributed by atoms with Crippen molar-refractivity contribution >= 4 is 26.8 Å². The van der Waals surface area contributed by atoms with Crippen LogP contribution in [0.5, 0.6) is 11.6 Å². The Labute approximate surface area is 193 Å². The zero-order valence-electron chi connectivity index (χ0n) is 18.0. The first-order valence-corrected chi connectivity index (χ1v) is 11.5. The van der Waals surface area contributed by atoms with Crippen LogP contribution in [0, 0.1) is 6.92 Å². The van der Waals surface area contributed by atoms with Crippen molar-refractivity contribution in [2.45, 2.75) is 11.8 Å². The van der Waals surface area contributed by atoms with Crippen LogP contribution in [0.25, 0.3) is 16.9 Å². The molecule has 0 aliphatic heterocycles. The van der Waals surface area contributed by atoms with Crippen molar-refractivity contribution in [3.05, 3.63) is 83.4 Å². The summed E-state index contributed by atoms with van der Waals surface area (Å²) in [5.41, 5.74) is 1.03. The molecule has 0 amide bonds. The summed E-state index contributed by atoms with van der Waals surface area (Å²) < 4.78 is 41.9. The standard InChI is InChI=1S/C22H18N6O5S/c1-14-23-11-12-28(14)20-9-10-21(25-24-20)32-16-5-3-15(4-6-16)26-34(30,31)17-7-8-19-18(13-17)27(2)22(29)33-19/h3-13,26H,1-2H3. The van der Waals surface area contributed by atoms with E-state index in [9.17, 15) is 13.2 Å². The van der Waals surface area contributed by atoms with Gasteiger partial charge in [-0.05, 0) is 55.5 Å². The molecule has 2 aromatic carbocycles. The summed E-state index contributed by atoms with van der Waals surface area (Å²) >= 11 is 0. The zero-order valence-corrected chi connectivity index (χ0v) is 18.9. The van der Waals surface area contributed by atoms with Crippen LogP contribution < -0.4 is 15.2 Å². The van der Waals surface area contributed by atoms with E-state index in [4.69, 9.17) is 9.15 Å². The summed E-state index contributed by atoms with van der Waals surface area (Å²) in [5, 5.41) is 8.20. The Morgan fingerprint density at radius 3 is 2.50 bits per heavy atom. The molecule has 0 atom stereocenters. The first kappa shape index (κ1) is 21.4.